The van der Waals surface area contributed by atoms with Crippen LogP contribution in [0.1, 0.15) is 18.2 Å². The molecule has 76 valence electrons. The van der Waals surface area contributed by atoms with E-state index < -0.39 is 0 Å². The second-order valence-electron chi connectivity index (χ2n) is 2.83. The lowest BCUT2D eigenvalue weighted by Gasteiger charge is -2.04. The number of anilines is 1. The maximum Gasteiger partial charge on any atom is 0.130 e. The molecule has 0 aliphatic heterocycles. The van der Waals surface area contributed by atoms with Crippen molar-refractivity contribution >= 4 is 11.9 Å². The van der Waals surface area contributed by atoms with Gasteiger partial charge in [-0.25, -0.2) is 9.97 Å². The zero-order valence-electron chi connectivity index (χ0n) is 8.53. The smallest absolute Gasteiger partial charge is 0.130 e. The molecule has 1 aromatic rings. The molecule has 0 aromatic carbocycles. The second-order valence-corrected chi connectivity index (χ2v) is 2.83. The van der Waals surface area contributed by atoms with Crippen LogP contribution in [0.4, 0.5) is 5.82 Å². The topological polar surface area (TPSA) is 73.1 Å². The predicted molar refractivity (Wildman–Crippen MR) is 55.0 cm³/mol. The van der Waals surface area contributed by atoms with E-state index in [0.29, 0.717) is 11.6 Å². The molecule has 0 aliphatic carbocycles. The molecule has 0 spiro atoms. The molecule has 0 amide bonds. The van der Waals surface area contributed by atoms with Crippen LogP contribution in [0, 0.1) is 6.92 Å². The van der Waals surface area contributed by atoms with Crippen molar-refractivity contribution in [2.24, 2.45) is 0 Å². The fourth-order valence-corrected chi connectivity index (χ4v) is 1.01. The Labute approximate surface area is 83.0 Å². The standard InChI is InChI=1S/C9H14N4O/c1-6(14-11-3)4-8-7(2)9(10)13-5-12-8/h4-5,11H,1-3H3,(H2,10,12,13)/b6-4+. The SMILES string of the molecule is CNO/C(C)=C/c1ncnc(N)c1C. The maximum atomic E-state index is 5.63. The van der Waals surface area contributed by atoms with Crippen LogP contribution in [-0.2, 0) is 4.84 Å². The average molecular weight is 194 g/mol. The summed E-state index contributed by atoms with van der Waals surface area (Å²) in [5.74, 6) is 1.21. The first-order valence-electron chi connectivity index (χ1n) is 4.24. The van der Waals surface area contributed by atoms with Gasteiger partial charge in [0, 0.05) is 18.7 Å². The molecule has 1 heterocycles. The first-order valence-corrected chi connectivity index (χ1v) is 4.24. The van der Waals surface area contributed by atoms with Crippen LogP contribution < -0.4 is 11.2 Å². The van der Waals surface area contributed by atoms with Crippen molar-refractivity contribution < 1.29 is 4.84 Å². The fraction of sp³-hybridized carbons (Fsp3) is 0.333. The van der Waals surface area contributed by atoms with Crippen LogP contribution in [0.25, 0.3) is 6.08 Å². The van der Waals surface area contributed by atoms with E-state index >= 15 is 0 Å². The van der Waals surface area contributed by atoms with Gasteiger partial charge in [0.2, 0.25) is 0 Å². The summed E-state index contributed by atoms with van der Waals surface area (Å²) in [4.78, 5) is 13.0. The molecule has 5 nitrogen and oxygen atoms in total. The highest BCUT2D eigenvalue weighted by atomic mass is 16.6. The van der Waals surface area contributed by atoms with Crippen LogP contribution in [0.5, 0.6) is 0 Å². The van der Waals surface area contributed by atoms with Gasteiger partial charge in [-0.3, -0.25) is 0 Å². The number of nitrogens with one attached hydrogen (secondary N) is 1. The Balaban J connectivity index is 2.96. The highest BCUT2D eigenvalue weighted by Gasteiger charge is 2.01. The summed E-state index contributed by atoms with van der Waals surface area (Å²) in [5.41, 5.74) is 9.83. The first-order chi connectivity index (χ1) is 6.65. The van der Waals surface area contributed by atoms with Crippen molar-refractivity contribution in [3.05, 3.63) is 23.3 Å². The minimum absolute atomic E-state index is 0.489. The lowest BCUT2D eigenvalue weighted by molar-refractivity contribution is 0.131. The van der Waals surface area contributed by atoms with Gasteiger partial charge in [0.25, 0.3) is 0 Å². The van der Waals surface area contributed by atoms with Crippen LogP contribution in [-0.4, -0.2) is 17.0 Å². The average Bonchev–Trinajstić information content (AvgIpc) is 2.13. The molecule has 0 radical (unpaired) electrons. The largest absolute Gasteiger partial charge is 0.414 e. The van der Waals surface area contributed by atoms with Crippen molar-refractivity contribution in [1.29, 1.82) is 0 Å². The van der Waals surface area contributed by atoms with Gasteiger partial charge < -0.3 is 10.6 Å². The van der Waals surface area contributed by atoms with Gasteiger partial charge in [0.1, 0.15) is 17.9 Å². The molecule has 0 bridgehead atoms. The van der Waals surface area contributed by atoms with Gasteiger partial charge in [-0.05, 0) is 13.8 Å². The highest BCUT2D eigenvalue weighted by molar-refractivity contribution is 5.56. The molecule has 14 heavy (non-hydrogen) atoms. The number of aromatic nitrogens is 2. The monoisotopic (exact) mass is 194 g/mol. The van der Waals surface area contributed by atoms with Crippen molar-refractivity contribution in [1.82, 2.24) is 15.4 Å². The minimum atomic E-state index is 0.489. The van der Waals surface area contributed by atoms with Crippen molar-refractivity contribution in [3.8, 4) is 0 Å². The molecule has 0 atom stereocenters. The third-order valence-electron chi connectivity index (χ3n) is 1.77. The second kappa shape index (κ2) is 4.57. The zero-order valence-corrected chi connectivity index (χ0v) is 8.53. The lowest BCUT2D eigenvalue weighted by Crippen LogP contribution is -2.05. The van der Waals surface area contributed by atoms with E-state index in [1.54, 1.807) is 13.1 Å². The molecule has 1 rings (SSSR count). The summed E-state index contributed by atoms with van der Waals surface area (Å²) >= 11 is 0. The van der Waals surface area contributed by atoms with E-state index in [2.05, 4.69) is 15.4 Å². The molecular formula is C9H14N4O. The van der Waals surface area contributed by atoms with Gasteiger partial charge in [-0.2, -0.15) is 5.48 Å². The maximum absolute atomic E-state index is 5.63. The molecule has 0 fully saturated rings. The molecule has 0 saturated heterocycles. The van der Waals surface area contributed by atoms with Gasteiger partial charge in [0.05, 0.1) is 5.69 Å². The quantitative estimate of drug-likeness (QED) is 0.552. The number of nitrogen functional groups attached to an aromatic ring is 1. The first kappa shape index (κ1) is 10.5. The number of nitrogens with two attached hydrogens (primary N) is 1. The number of hydrogen-bond donors (Lipinski definition) is 2. The molecular weight excluding hydrogens is 180 g/mol. The molecule has 0 aliphatic rings. The molecule has 5 heteroatoms. The van der Waals surface area contributed by atoms with Crippen LogP contribution in [0.3, 0.4) is 0 Å². The van der Waals surface area contributed by atoms with E-state index in [9.17, 15) is 0 Å². The van der Waals surface area contributed by atoms with Crippen molar-refractivity contribution in [2.45, 2.75) is 13.8 Å². The van der Waals surface area contributed by atoms with E-state index in [1.165, 1.54) is 6.33 Å². The number of hydrogen-bond acceptors (Lipinski definition) is 5. The van der Waals surface area contributed by atoms with E-state index in [-0.39, 0.29) is 0 Å². The van der Waals surface area contributed by atoms with Gasteiger partial charge >= 0.3 is 0 Å². The third kappa shape index (κ3) is 2.43. The van der Waals surface area contributed by atoms with E-state index in [0.717, 1.165) is 11.3 Å². The molecule has 3 N–H and O–H groups in total. The van der Waals surface area contributed by atoms with Gasteiger partial charge in [-0.1, -0.05) is 0 Å². The summed E-state index contributed by atoms with van der Waals surface area (Å²) in [5, 5.41) is 0. The predicted octanol–water partition coefficient (Wildman–Crippen LogP) is 0.879. The summed E-state index contributed by atoms with van der Waals surface area (Å²) in [6.45, 7) is 3.70. The Morgan fingerprint density at radius 3 is 2.93 bits per heavy atom. The Kier molecular flexibility index (Phi) is 3.41. The third-order valence-corrected chi connectivity index (χ3v) is 1.77. The lowest BCUT2D eigenvalue weighted by atomic mass is 10.2. The van der Waals surface area contributed by atoms with E-state index in [4.69, 9.17) is 10.6 Å². The van der Waals surface area contributed by atoms with E-state index in [1.807, 2.05) is 13.8 Å². The molecule has 0 saturated carbocycles. The highest BCUT2D eigenvalue weighted by Crippen LogP contribution is 2.13. The number of nitrogens with zero attached hydrogens (tertiary/aromatic N) is 2. The summed E-state index contributed by atoms with van der Waals surface area (Å²) in [6.07, 6.45) is 3.23. The van der Waals surface area contributed by atoms with Crippen LogP contribution in [0.15, 0.2) is 12.1 Å². The number of hydroxylamine groups is 1. The van der Waals surface area contributed by atoms with Crippen molar-refractivity contribution in [2.75, 3.05) is 12.8 Å². The summed E-state index contributed by atoms with van der Waals surface area (Å²) in [6, 6.07) is 0. The van der Waals surface area contributed by atoms with Crippen molar-refractivity contribution in [3.63, 3.8) is 0 Å². The minimum Gasteiger partial charge on any atom is -0.414 e. The summed E-state index contributed by atoms with van der Waals surface area (Å²) < 4.78 is 0. The fourth-order valence-electron chi connectivity index (χ4n) is 1.01. The van der Waals surface area contributed by atoms with Crippen LogP contribution >= 0.6 is 0 Å². The number of allylic oxidation sites excluding steroid dienone is 1. The van der Waals surface area contributed by atoms with Gasteiger partial charge in [0.15, 0.2) is 0 Å². The summed E-state index contributed by atoms with van der Waals surface area (Å²) in [7, 11) is 1.69. The zero-order chi connectivity index (χ0) is 10.6. The Morgan fingerprint density at radius 2 is 2.29 bits per heavy atom. The number of rotatable bonds is 3. The molecule has 1 aromatic heterocycles. The van der Waals surface area contributed by atoms with Crippen LogP contribution in [0.2, 0.25) is 0 Å². The normalized spacial score (nSPS) is 11.5. The Bertz CT molecular complexity index is 349. The Hall–Kier alpha value is -1.62. The van der Waals surface area contributed by atoms with Gasteiger partial charge in [-0.15, -0.1) is 0 Å². The Morgan fingerprint density at radius 1 is 1.57 bits per heavy atom. The molecule has 0 unspecified atom stereocenters.